The van der Waals surface area contributed by atoms with E-state index in [1.54, 1.807) is 18.3 Å². The van der Waals surface area contributed by atoms with Crippen LogP contribution >= 0.6 is 0 Å². The molecule has 148 valence electrons. The highest BCUT2D eigenvalue weighted by atomic mass is 16.5. The van der Waals surface area contributed by atoms with Crippen LogP contribution in [0.2, 0.25) is 0 Å². The van der Waals surface area contributed by atoms with E-state index in [4.69, 9.17) is 10.00 Å². The van der Waals surface area contributed by atoms with Gasteiger partial charge in [-0.1, -0.05) is 12.1 Å². The number of methoxy groups -OCH3 is 1. The number of hydrogen-bond donors (Lipinski definition) is 1. The maximum atomic E-state index is 12.6. The summed E-state index contributed by atoms with van der Waals surface area (Å²) in [5, 5.41) is 21.2. The Morgan fingerprint density at radius 2 is 2.00 bits per heavy atom. The van der Waals surface area contributed by atoms with Crippen molar-refractivity contribution in [2.24, 2.45) is 0 Å². The van der Waals surface area contributed by atoms with Crippen molar-refractivity contribution in [2.75, 3.05) is 27.2 Å². The Labute approximate surface area is 170 Å². The van der Waals surface area contributed by atoms with Crippen LogP contribution in [0, 0.1) is 29.6 Å². The van der Waals surface area contributed by atoms with Crippen LogP contribution in [0.5, 0.6) is 0 Å². The van der Waals surface area contributed by atoms with Crippen LogP contribution in [0.15, 0.2) is 36.5 Å². The molecule has 1 amide bonds. The molecule has 1 aliphatic heterocycles. The third-order valence-electron chi connectivity index (χ3n) is 5.25. The van der Waals surface area contributed by atoms with Crippen molar-refractivity contribution in [1.29, 1.82) is 10.5 Å². The summed E-state index contributed by atoms with van der Waals surface area (Å²) >= 11 is 0. The molecular formula is C22H23N5O2. The second-order valence-electron chi connectivity index (χ2n) is 7.41. The minimum Gasteiger partial charge on any atom is -0.366 e. The molecule has 1 saturated heterocycles. The number of hydrogen-bond acceptors (Lipinski definition) is 6. The molecule has 1 unspecified atom stereocenters. The first-order valence-electron chi connectivity index (χ1n) is 9.31. The number of nitrogens with one attached hydrogen (secondary N) is 1. The molecule has 0 spiro atoms. The Morgan fingerprint density at radius 3 is 2.52 bits per heavy atom. The standard InChI is InChI=1S/C22H23N5O2/c1-15-8-18(17-6-4-16(10-23)5-7-17)12-25-20(15)9-19(11-24)26-21(28)22(29-3)13-27(2)14-22/h4-8,12,19H,9,13-14H2,1-3H3,(H,26,28). The highest BCUT2D eigenvalue weighted by molar-refractivity contribution is 5.87. The zero-order chi connectivity index (χ0) is 21.0. The highest BCUT2D eigenvalue weighted by Crippen LogP contribution is 2.24. The van der Waals surface area contributed by atoms with Crippen molar-refractivity contribution in [2.45, 2.75) is 25.0 Å². The Hall–Kier alpha value is -3.26. The molecule has 0 bridgehead atoms. The van der Waals surface area contributed by atoms with Gasteiger partial charge in [-0.2, -0.15) is 10.5 Å². The van der Waals surface area contributed by atoms with E-state index in [0.717, 1.165) is 22.4 Å². The maximum absolute atomic E-state index is 12.6. The molecule has 29 heavy (non-hydrogen) atoms. The van der Waals surface area contributed by atoms with Gasteiger partial charge in [0.2, 0.25) is 0 Å². The van der Waals surface area contributed by atoms with Gasteiger partial charge in [-0.25, -0.2) is 0 Å². The fourth-order valence-corrected chi connectivity index (χ4v) is 3.52. The first kappa shape index (κ1) is 20.5. The van der Waals surface area contributed by atoms with Gasteiger partial charge in [0.15, 0.2) is 5.60 Å². The Kier molecular flexibility index (Phi) is 5.93. The maximum Gasteiger partial charge on any atom is 0.255 e. The first-order chi connectivity index (χ1) is 13.9. The molecule has 0 radical (unpaired) electrons. The predicted octanol–water partition coefficient (Wildman–Crippen LogP) is 1.81. The SMILES string of the molecule is COC1(C(=O)NC(C#N)Cc2ncc(-c3ccc(C#N)cc3)cc2C)CN(C)C1. The second kappa shape index (κ2) is 8.40. The van der Waals surface area contributed by atoms with Crippen molar-refractivity contribution in [3.63, 3.8) is 0 Å². The van der Waals surface area contributed by atoms with Crippen molar-refractivity contribution >= 4 is 5.91 Å². The lowest BCUT2D eigenvalue weighted by atomic mass is 9.92. The number of likely N-dealkylation sites (N-methyl/N-ethyl adjacent to an activating group) is 1. The van der Waals surface area contributed by atoms with Crippen molar-refractivity contribution in [1.82, 2.24) is 15.2 Å². The van der Waals surface area contributed by atoms with Gasteiger partial charge in [-0.15, -0.1) is 0 Å². The molecule has 1 aromatic heterocycles. The molecule has 1 fully saturated rings. The number of pyridine rings is 1. The fourth-order valence-electron chi connectivity index (χ4n) is 3.52. The van der Waals surface area contributed by atoms with Crippen LogP contribution < -0.4 is 5.32 Å². The molecule has 0 aliphatic carbocycles. The molecule has 2 heterocycles. The molecular weight excluding hydrogens is 366 g/mol. The van der Waals surface area contributed by atoms with E-state index in [1.807, 2.05) is 37.1 Å². The van der Waals surface area contributed by atoms with E-state index in [2.05, 4.69) is 22.4 Å². The third-order valence-corrected chi connectivity index (χ3v) is 5.25. The second-order valence-corrected chi connectivity index (χ2v) is 7.41. The van der Waals surface area contributed by atoms with Crippen LogP contribution in [-0.4, -0.2) is 54.7 Å². The van der Waals surface area contributed by atoms with Gasteiger partial charge in [0, 0.05) is 44.1 Å². The van der Waals surface area contributed by atoms with Crippen molar-refractivity contribution in [3.8, 4) is 23.3 Å². The normalized spacial score (nSPS) is 16.2. The average molecular weight is 389 g/mol. The van der Waals surface area contributed by atoms with Gasteiger partial charge in [0.05, 0.1) is 17.7 Å². The van der Waals surface area contributed by atoms with Gasteiger partial charge >= 0.3 is 0 Å². The highest BCUT2D eigenvalue weighted by Gasteiger charge is 2.48. The summed E-state index contributed by atoms with van der Waals surface area (Å²) in [7, 11) is 3.43. The summed E-state index contributed by atoms with van der Waals surface area (Å²) in [4.78, 5) is 19.1. The minimum absolute atomic E-state index is 0.267. The van der Waals surface area contributed by atoms with E-state index < -0.39 is 11.6 Å². The third kappa shape index (κ3) is 4.27. The Bertz CT molecular complexity index is 982. The molecule has 1 atom stereocenters. The van der Waals surface area contributed by atoms with Gasteiger partial charge in [-0.3, -0.25) is 14.7 Å². The summed E-state index contributed by atoms with van der Waals surface area (Å²) in [6.07, 6.45) is 2.06. The van der Waals surface area contributed by atoms with E-state index in [-0.39, 0.29) is 5.91 Å². The van der Waals surface area contributed by atoms with Gasteiger partial charge in [-0.05, 0) is 43.3 Å². The fraction of sp³-hybridized carbons (Fsp3) is 0.364. The number of nitrogens with zero attached hydrogens (tertiary/aromatic N) is 4. The number of rotatable bonds is 6. The van der Waals surface area contributed by atoms with Gasteiger partial charge in [0.25, 0.3) is 5.91 Å². The van der Waals surface area contributed by atoms with Crippen molar-refractivity contribution < 1.29 is 9.53 Å². The summed E-state index contributed by atoms with van der Waals surface area (Å²) in [6, 6.07) is 12.9. The zero-order valence-electron chi connectivity index (χ0n) is 16.8. The lowest BCUT2D eigenvalue weighted by Gasteiger charge is -2.45. The van der Waals surface area contributed by atoms with Crippen LogP contribution in [-0.2, 0) is 16.0 Å². The molecule has 1 aliphatic rings. The molecule has 1 aromatic carbocycles. The van der Waals surface area contributed by atoms with E-state index in [0.29, 0.717) is 25.1 Å². The van der Waals surface area contributed by atoms with Crippen LogP contribution in [0.3, 0.4) is 0 Å². The molecule has 1 N–H and O–H groups in total. The number of carbonyl (C=O) groups is 1. The molecule has 0 saturated carbocycles. The summed E-state index contributed by atoms with van der Waals surface area (Å²) in [6.45, 7) is 2.94. The Balaban J connectivity index is 1.70. The van der Waals surface area contributed by atoms with E-state index in [1.165, 1.54) is 7.11 Å². The Morgan fingerprint density at radius 1 is 1.31 bits per heavy atom. The number of aryl methyl sites for hydroxylation is 1. The topological polar surface area (TPSA) is 102 Å². The predicted molar refractivity (Wildman–Crippen MR) is 108 cm³/mol. The molecule has 3 rings (SSSR count). The number of benzene rings is 1. The summed E-state index contributed by atoms with van der Waals surface area (Å²) < 4.78 is 5.41. The minimum atomic E-state index is -0.883. The average Bonchev–Trinajstić information content (AvgIpc) is 2.71. The van der Waals surface area contributed by atoms with E-state index >= 15 is 0 Å². The molecule has 7 heteroatoms. The quantitative estimate of drug-likeness (QED) is 0.808. The number of nitriles is 2. The van der Waals surface area contributed by atoms with Crippen LogP contribution in [0.25, 0.3) is 11.1 Å². The lowest BCUT2D eigenvalue weighted by Crippen LogP contribution is -2.69. The first-order valence-corrected chi connectivity index (χ1v) is 9.31. The van der Waals surface area contributed by atoms with Gasteiger partial charge < -0.3 is 10.1 Å². The monoisotopic (exact) mass is 389 g/mol. The molecule has 7 nitrogen and oxygen atoms in total. The number of aromatic nitrogens is 1. The largest absolute Gasteiger partial charge is 0.366 e. The number of likely N-dealkylation sites (tertiary alicyclic amines) is 1. The molecule has 2 aromatic rings. The zero-order valence-corrected chi connectivity index (χ0v) is 16.8. The summed E-state index contributed by atoms with van der Waals surface area (Å²) in [5.41, 5.74) is 3.31. The smallest absolute Gasteiger partial charge is 0.255 e. The van der Waals surface area contributed by atoms with Crippen LogP contribution in [0.4, 0.5) is 0 Å². The number of ether oxygens (including phenoxy) is 1. The van der Waals surface area contributed by atoms with Gasteiger partial charge in [0.1, 0.15) is 6.04 Å². The number of carbonyl (C=O) groups excluding carboxylic acids is 1. The van der Waals surface area contributed by atoms with Crippen LogP contribution in [0.1, 0.15) is 16.8 Å². The lowest BCUT2D eigenvalue weighted by molar-refractivity contribution is -0.164. The number of amides is 1. The van der Waals surface area contributed by atoms with E-state index in [9.17, 15) is 10.1 Å². The summed E-state index contributed by atoms with van der Waals surface area (Å²) in [5.74, 6) is -0.267. The van der Waals surface area contributed by atoms with Crippen molar-refractivity contribution in [3.05, 3.63) is 53.3 Å².